The molecule has 0 aromatic rings. The van der Waals surface area contributed by atoms with E-state index in [1.807, 2.05) is 6.92 Å². The Hall–Kier alpha value is -1.64. The minimum atomic E-state index is -0.585. The number of hydrogen-bond acceptors (Lipinski definition) is 2. The van der Waals surface area contributed by atoms with Crippen LogP contribution >= 0.6 is 0 Å². The number of carbonyl (C=O) groups is 2. The number of nitrogens with one attached hydrogen (secondary N) is 1. The molecule has 0 spiro atoms. The van der Waals surface area contributed by atoms with Crippen molar-refractivity contribution in [3.63, 3.8) is 0 Å². The summed E-state index contributed by atoms with van der Waals surface area (Å²) in [5.74, 6) is -1.10. The standard InChI is InChI=1S/C9H9NO2/c1-3-5-7-6(4-2)8(11)9(12)10-7/h3-5H,2H2,1H3,(H,10,11,12)/b5-3-. The molecule has 3 heteroatoms. The predicted octanol–water partition coefficient (Wildman–Crippen LogP) is 0.702. The number of Topliss-reactive ketones (excluding diaryl/α,β-unsaturated/α-hetero) is 1. The summed E-state index contributed by atoms with van der Waals surface area (Å²) >= 11 is 0. The van der Waals surface area contributed by atoms with Crippen LogP contribution in [0.5, 0.6) is 0 Å². The zero-order chi connectivity index (χ0) is 9.14. The van der Waals surface area contributed by atoms with Gasteiger partial charge in [0.1, 0.15) is 0 Å². The van der Waals surface area contributed by atoms with Crippen LogP contribution in [0.3, 0.4) is 0 Å². The minimum Gasteiger partial charge on any atom is -0.318 e. The lowest BCUT2D eigenvalue weighted by atomic mass is 10.1. The lowest BCUT2D eigenvalue weighted by Crippen LogP contribution is -2.20. The second-order valence-electron chi connectivity index (χ2n) is 2.31. The number of allylic oxidation sites excluding steroid dienone is 3. The molecule has 0 aromatic carbocycles. The first-order valence-electron chi connectivity index (χ1n) is 3.55. The number of amides is 1. The van der Waals surface area contributed by atoms with Crippen molar-refractivity contribution in [2.24, 2.45) is 0 Å². The van der Waals surface area contributed by atoms with Crippen molar-refractivity contribution < 1.29 is 9.59 Å². The molecule has 1 amide bonds. The van der Waals surface area contributed by atoms with Crippen LogP contribution in [0.15, 0.2) is 36.1 Å². The van der Waals surface area contributed by atoms with E-state index in [0.29, 0.717) is 11.3 Å². The van der Waals surface area contributed by atoms with E-state index in [-0.39, 0.29) is 0 Å². The SMILES string of the molecule is C=CC1=C(/C=C\C)NC(=O)C1=O. The number of rotatable bonds is 2. The van der Waals surface area contributed by atoms with E-state index in [0.717, 1.165) is 0 Å². The largest absolute Gasteiger partial charge is 0.318 e. The number of hydrogen-bond donors (Lipinski definition) is 1. The molecule has 12 heavy (non-hydrogen) atoms. The molecule has 1 aliphatic rings. The smallest absolute Gasteiger partial charge is 0.296 e. The average Bonchev–Trinajstić information content (AvgIpc) is 2.29. The van der Waals surface area contributed by atoms with E-state index in [2.05, 4.69) is 11.9 Å². The van der Waals surface area contributed by atoms with Gasteiger partial charge in [-0.25, -0.2) is 0 Å². The van der Waals surface area contributed by atoms with Gasteiger partial charge in [-0.2, -0.15) is 0 Å². The quantitative estimate of drug-likeness (QED) is 0.609. The van der Waals surface area contributed by atoms with Crippen molar-refractivity contribution in [3.8, 4) is 0 Å². The zero-order valence-electron chi connectivity index (χ0n) is 6.76. The van der Waals surface area contributed by atoms with Crippen molar-refractivity contribution in [2.75, 3.05) is 0 Å². The summed E-state index contributed by atoms with van der Waals surface area (Å²) in [4.78, 5) is 21.9. The van der Waals surface area contributed by atoms with Crippen molar-refractivity contribution in [1.82, 2.24) is 5.32 Å². The first-order chi connectivity index (χ1) is 5.70. The third kappa shape index (κ3) is 1.21. The molecular formula is C9H9NO2. The maximum Gasteiger partial charge on any atom is 0.296 e. The topological polar surface area (TPSA) is 46.2 Å². The van der Waals surface area contributed by atoms with Gasteiger partial charge in [0, 0.05) is 0 Å². The van der Waals surface area contributed by atoms with Gasteiger partial charge in [0.2, 0.25) is 0 Å². The van der Waals surface area contributed by atoms with Gasteiger partial charge >= 0.3 is 0 Å². The Balaban J connectivity index is 3.10. The van der Waals surface area contributed by atoms with Crippen molar-refractivity contribution >= 4 is 11.7 Å². The Morgan fingerprint density at radius 2 is 2.08 bits per heavy atom. The molecule has 0 fully saturated rings. The maximum atomic E-state index is 11.0. The fraction of sp³-hybridized carbons (Fsp3) is 0.111. The summed E-state index contributed by atoms with van der Waals surface area (Å²) in [5.41, 5.74) is 0.876. The van der Waals surface area contributed by atoms with E-state index < -0.39 is 11.7 Å². The summed E-state index contributed by atoms with van der Waals surface area (Å²) in [5, 5.41) is 2.44. The van der Waals surface area contributed by atoms with Crippen LogP contribution in [0.1, 0.15) is 6.92 Å². The van der Waals surface area contributed by atoms with Gasteiger partial charge in [-0.3, -0.25) is 9.59 Å². The lowest BCUT2D eigenvalue weighted by molar-refractivity contribution is -0.134. The van der Waals surface area contributed by atoms with Crippen LogP contribution < -0.4 is 5.32 Å². The molecule has 1 rings (SSSR count). The van der Waals surface area contributed by atoms with E-state index in [1.54, 1.807) is 12.2 Å². The highest BCUT2D eigenvalue weighted by Crippen LogP contribution is 2.12. The molecule has 0 saturated carbocycles. The lowest BCUT2D eigenvalue weighted by Gasteiger charge is -1.92. The van der Waals surface area contributed by atoms with Crippen LogP contribution in [-0.2, 0) is 9.59 Å². The van der Waals surface area contributed by atoms with Crippen molar-refractivity contribution in [3.05, 3.63) is 36.1 Å². The van der Waals surface area contributed by atoms with Gasteiger partial charge in [-0.15, -0.1) is 0 Å². The highest BCUT2D eigenvalue weighted by Gasteiger charge is 2.27. The van der Waals surface area contributed by atoms with Crippen LogP contribution in [0.25, 0.3) is 0 Å². The van der Waals surface area contributed by atoms with Crippen LogP contribution in [0.4, 0.5) is 0 Å². The van der Waals surface area contributed by atoms with Crippen molar-refractivity contribution in [2.45, 2.75) is 6.92 Å². The van der Waals surface area contributed by atoms with Crippen molar-refractivity contribution in [1.29, 1.82) is 0 Å². The Kier molecular flexibility index (Phi) is 2.24. The summed E-state index contributed by atoms with van der Waals surface area (Å²) in [6, 6.07) is 0. The van der Waals surface area contributed by atoms with Crippen LogP contribution in [0, 0.1) is 0 Å². The first kappa shape index (κ1) is 8.46. The summed E-state index contributed by atoms with van der Waals surface area (Å²) < 4.78 is 0. The summed E-state index contributed by atoms with van der Waals surface area (Å²) in [6.07, 6.45) is 4.80. The summed E-state index contributed by atoms with van der Waals surface area (Å²) in [7, 11) is 0. The van der Waals surface area contributed by atoms with Gasteiger partial charge in [0.25, 0.3) is 11.7 Å². The second kappa shape index (κ2) is 3.17. The van der Waals surface area contributed by atoms with Gasteiger partial charge in [-0.1, -0.05) is 18.7 Å². The fourth-order valence-corrected chi connectivity index (χ4v) is 0.992. The maximum absolute atomic E-state index is 11.0. The van der Waals surface area contributed by atoms with Crippen LogP contribution in [0.2, 0.25) is 0 Å². The molecule has 0 atom stereocenters. The number of ketones is 1. The third-order valence-corrected chi connectivity index (χ3v) is 1.53. The molecule has 1 heterocycles. The Bertz CT molecular complexity index is 310. The zero-order valence-corrected chi connectivity index (χ0v) is 6.76. The highest BCUT2D eigenvalue weighted by atomic mass is 16.2. The Morgan fingerprint density at radius 3 is 2.58 bits per heavy atom. The second-order valence-corrected chi connectivity index (χ2v) is 2.31. The Morgan fingerprint density at radius 1 is 1.42 bits per heavy atom. The first-order valence-corrected chi connectivity index (χ1v) is 3.55. The molecule has 0 saturated heterocycles. The van der Waals surface area contributed by atoms with Gasteiger partial charge < -0.3 is 5.32 Å². The van der Waals surface area contributed by atoms with E-state index in [1.165, 1.54) is 6.08 Å². The van der Waals surface area contributed by atoms with Gasteiger partial charge in [0.05, 0.1) is 11.3 Å². The van der Waals surface area contributed by atoms with Crippen LogP contribution in [-0.4, -0.2) is 11.7 Å². The molecular weight excluding hydrogens is 154 g/mol. The minimum absolute atomic E-state index is 0.345. The van der Waals surface area contributed by atoms with E-state index in [4.69, 9.17) is 0 Å². The van der Waals surface area contributed by atoms with E-state index in [9.17, 15) is 9.59 Å². The average molecular weight is 163 g/mol. The monoisotopic (exact) mass is 163 g/mol. The molecule has 1 aliphatic heterocycles. The fourth-order valence-electron chi connectivity index (χ4n) is 0.992. The Labute approximate surface area is 70.5 Å². The molecule has 0 radical (unpaired) electrons. The number of carbonyl (C=O) groups excluding carboxylic acids is 2. The van der Waals surface area contributed by atoms with E-state index >= 15 is 0 Å². The third-order valence-electron chi connectivity index (χ3n) is 1.53. The molecule has 0 aliphatic carbocycles. The molecule has 3 nitrogen and oxygen atoms in total. The molecule has 0 bridgehead atoms. The predicted molar refractivity (Wildman–Crippen MR) is 45.2 cm³/mol. The summed E-state index contributed by atoms with van der Waals surface area (Å²) in [6.45, 7) is 5.26. The molecule has 0 aromatic heterocycles. The highest BCUT2D eigenvalue weighted by molar-refractivity contribution is 6.46. The molecule has 1 N–H and O–H groups in total. The van der Waals surface area contributed by atoms with Gasteiger partial charge in [0.15, 0.2) is 0 Å². The molecule has 0 unspecified atom stereocenters. The van der Waals surface area contributed by atoms with Gasteiger partial charge in [-0.05, 0) is 13.0 Å². The molecule has 62 valence electrons. The normalized spacial score (nSPS) is 17.4.